The van der Waals surface area contributed by atoms with Gasteiger partial charge in [-0.2, -0.15) is 8.75 Å². The average Bonchev–Trinajstić information content (AvgIpc) is 2.90. The van der Waals surface area contributed by atoms with Crippen LogP contribution in [0.2, 0.25) is 5.02 Å². The molecule has 1 aromatic carbocycles. The Morgan fingerprint density at radius 2 is 2.30 bits per heavy atom. The lowest BCUT2D eigenvalue weighted by atomic mass is 9.91. The molecule has 2 heterocycles. The van der Waals surface area contributed by atoms with Crippen LogP contribution in [0.3, 0.4) is 0 Å². The minimum absolute atomic E-state index is 0.377. The quantitative estimate of drug-likeness (QED) is 0.942. The van der Waals surface area contributed by atoms with Crippen LogP contribution in [0.15, 0.2) is 12.1 Å². The molecule has 0 saturated carbocycles. The number of anilines is 1. The number of fused-ring (bicyclic) bond motifs is 1. The Kier molecular flexibility index (Phi) is 4.10. The van der Waals surface area contributed by atoms with Crippen LogP contribution in [0.5, 0.6) is 0 Å². The molecule has 2 aromatic rings. The van der Waals surface area contributed by atoms with E-state index in [1.807, 2.05) is 12.1 Å². The van der Waals surface area contributed by atoms with Crippen molar-refractivity contribution in [2.45, 2.75) is 25.8 Å². The zero-order valence-corrected chi connectivity index (χ0v) is 13.3. The summed E-state index contributed by atoms with van der Waals surface area (Å²) in [5.41, 5.74) is 2.73. The zero-order valence-electron chi connectivity index (χ0n) is 11.8. The van der Waals surface area contributed by atoms with Crippen molar-refractivity contribution in [3.05, 3.63) is 17.2 Å². The molecule has 0 spiro atoms. The molecular weight excluding hydrogens is 292 g/mol. The third kappa shape index (κ3) is 2.75. The van der Waals surface area contributed by atoms with Crippen molar-refractivity contribution in [1.82, 2.24) is 13.6 Å². The summed E-state index contributed by atoms with van der Waals surface area (Å²) in [5.74, 6) is 0.645. The summed E-state index contributed by atoms with van der Waals surface area (Å²) in [6.45, 7) is 4.57. The Hall–Kier alpha value is -0.910. The molecule has 108 valence electrons. The van der Waals surface area contributed by atoms with Gasteiger partial charge in [-0.25, -0.2) is 0 Å². The SMILES string of the molecule is CC(Nc1c(Cl)ccc2nsnc12)C1CCCN(C)C1. The molecule has 1 fully saturated rings. The van der Waals surface area contributed by atoms with Crippen LogP contribution in [0.1, 0.15) is 19.8 Å². The number of nitrogens with one attached hydrogen (secondary N) is 1. The third-order valence-electron chi connectivity index (χ3n) is 4.12. The molecule has 0 aliphatic carbocycles. The Morgan fingerprint density at radius 1 is 1.45 bits per heavy atom. The molecule has 1 aliphatic heterocycles. The molecule has 1 saturated heterocycles. The summed E-state index contributed by atoms with van der Waals surface area (Å²) in [4.78, 5) is 2.40. The lowest BCUT2D eigenvalue weighted by molar-refractivity contribution is 0.197. The van der Waals surface area contributed by atoms with Crippen molar-refractivity contribution >= 4 is 40.0 Å². The molecule has 0 bridgehead atoms. The van der Waals surface area contributed by atoms with Gasteiger partial charge in [-0.3, -0.25) is 0 Å². The Bertz CT molecular complexity index is 600. The van der Waals surface area contributed by atoms with E-state index in [0.29, 0.717) is 12.0 Å². The minimum atomic E-state index is 0.377. The first-order chi connectivity index (χ1) is 9.65. The van der Waals surface area contributed by atoms with Gasteiger partial charge in [-0.1, -0.05) is 11.6 Å². The Labute approximate surface area is 128 Å². The Balaban J connectivity index is 1.81. The molecule has 2 unspecified atom stereocenters. The van der Waals surface area contributed by atoms with Crippen molar-refractivity contribution in [3.63, 3.8) is 0 Å². The first kappa shape index (κ1) is 14.0. The predicted octanol–water partition coefficient (Wildman–Crippen LogP) is 3.49. The second-order valence-electron chi connectivity index (χ2n) is 5.65. The van der Waals surface area contributed by atoms with E-state index in [1.165, 1.54) is 31.1 Å². The van der Waals surface area contributed by atoms with Crippen LogP contribution in [0, 0.1) is 5.92 Å². The number of likely N-dealkylation sites (tertiary alicyclic amines) is 1. The molecule has 4 nitrogen and oxygen atoms in total. The number of piperidine rings is 1. The predicted molar refractivity (Wildman–Crippen MR) is 85.7 cm³/mol. The maximum atomic E-state index is 6.34. The van der Waals surface area contributed by atoms with Gasteiger partial charge in [0.1, 0.15) is 11.0 Å². The molecule has 20 heavy (non-hydrogen) atoms. The van der Waals surface area contributed by atoms with E-state index in [0.717, 1.165) is 28.3 Å². The fourth-order valence-electron chi connectivity index (χ4n) is 2.92. The molecule has 3 rings (SSSR count). The molecule has 1 aromatic heterocycles. The monoisotopic (exact) mass is 310 g/mol. The highest BCUT2D eigenvalue weighted by Gasteiger charge is 2.24. The van der Waals surface area contributed by atoms with Gasteiger partial charge < -0.3 is 10.2 Å². The van der Waals surface area contributed by atoms with Gasteiger partial charge in [-0.05, 0) is 51.4 Å². The van der Waals surface area contributed by atoms with Crippen molar-refractivity contribution in [3.8, 4) is 0 Å². The van der Waals surface area contributed by atoms with E-state index in [2.05, 4.69) is 32.9 Å². The molecule has 0 radical (unpaired) electrons. The normalized spacial score (nSPS) is 22.1. The number of rotatable bonds is 3. The molecule has 6 heteroatoms. The molecule has 0 amide bonds. The van der Waals surface area contributed by atoms with E-state index < -0.39 is 0 Å². The highest BCUT2D eigenvalue weighted by molar-refractivity contribution is 7.00. The van der Waals surface area contributed by atoms with Gasteiger partial charge >= 0.3 is 0 Å². The lowest BCUT2D eigenvalue weighted by Crippen LogP contribution is -2.39. The van der Waals surface area contributed by atoms with Gasteiger partial charge in [0.05, 0.1) is 22.4 Å². The van der Waals surface area contributed by atoms with Crippen LogP contribution in [0.25, 0.3) is 11.0 Å². The zero-order chi connectivity index (χ0) is 14.1. The van der Waals surface area contributed by atoms with Crippen LogP contribution >= 0.6 is 23.3 Å². The number of benzene rings is 1. The van der Waals surface area contributed by atoms with Gasteiger partial charge in [0.2, 0.25) is 0 Å². The van der Waals surface area contributed by atoms with Gasteiger partial charge in [-0.15, -0.1) is 0 Å². The van der Waals surface area contributed by atoms with E-state index in [1.54, 1.807) is 0 Å². The minimum Gasteiger partial charge on any atom is -0.379 e. The number of halogens is 1. The summed E-state index contributed by atoms with van der Waals surface area (Å²) >= 11 is 7.57. The van der Waals surface area contributed by atoms with Gasteiger partial charge in [0.25, 0.3) is 0 Å². The number of aromatic nitrogens is 2. The molecule has 2 atom stereocenters. The van der Waals surface area contributed by atoms with Crippen molar-refractivity contribution < 1.29 is 0 Å². The lowest BCUT2D eigenvalue weighted by Gasteiger charge is -2.34. The van der Waals surface area contributed by atoms with Crippen molar-refractivity contribution in [2.24, 2.45) is 5.92 Å². The Morgan fingerprint density at radius 3 is 3.10 bits per heavy atom. The van der Waals surface area contributed by atoms with Crippen LogP contribution in [-0.2, 0) is 0 Å². The molecule has 1 aliphatic rings. The molecule has 1 N–H and O–H groups in total. The van der Waals surface area contributed by atoms with Crippen LogP contribution in [0.4, 0.5) is 5.69 Å². The fraction of sp³-hybridized carbons (Fsp3) is 0.571. The number of hydrogen-bond acceptors (Lipinski definition) is 5. The standard InChI is InChI=1S/C14H19ClN4S/c1-9(10-4-3-7-19(2)8-10)16-13-11(15)5-6-12-14(13)18-20-17-12/h5-6,9-10,16H,3-4,7-8H2,1-2H3. The average molecular weight is 311 g/mol. The highest BCUT2D eigenvalue weighted by atomic mass is 35.5. The summed E-state index contributed by atoms with van der Waals surface area (Å²) < 4.78 is 8.64. The number of hydrogen-bond donors (Lipinski definition) is 1. The summed E-state index contributed by atoms with van der Waals surface area (Å²) in [7, 11) is 2.19. The fourth-order valence-corrected chi connectivity index (χ4v) is 3.67. The van der Waals surface area contributed by atoms with Crippen LogP contribution in [-0.4, -0.2) is 39.8 Å². The van der Waals surface area contributed by atoms with Crippen molar-refractivity contribution in [2.75, 3.05) is 25.5 Å². The summed E-state index contributed by atoms with van der Waals surface area (Å²) in [5, 5.41) is 4.30. The first-order valence-corrected chi connectivity index (χ1v) is 8.12. The highest BCUT2D eigenvalue weighted by Crippen LogP contribution is 2.32. The van der Waals surface area contributed by atoms with Crippen molar-refractivity contribution in [1.29, 1.82) is 0 Å². The molecular formula is C14H19ClN4S. The third-order valence-corrected chi connectivity index (χ3v) is 4.97. The smallest absolute Gasteiger partial charge is 0.129 e. The largest absolute Gasteiger partial charge is 0.379 e. The first-order valence-electron chi connectivity index (χ1n) is 7.01. The maximum absolute atomic E-state index is 6.34. The second-order valence-corrected chi connectivity index (χ2v) is 6.59. The van der Waals surface area contributed by atoms with E-state index in [4.69, 9.17) is 11.6 Å². The van der Waals surface area contributed by atoms with Crippen LogP contribution < -0.4 is 5.32 Å². The number of nitrogens with zero attached hydrogens (tertiary/aromatic N) is 3. The topological polar surface area (TPSA) is 41.1 Å². The van der Waals surface area contributed by atoms with E-state index in [-0.39, 0.29) is 0 Å². The second kappa shape index (κ2) is 5.84. The summed E-state index contributed by atoms with van der Waals surface area (Å²) in [6, 6.07) is 4.20. The van der Waals surface area contributed by atoms with E-state index in [9.17, 15) is 0 Å². The summed E-state index contributed by atoms with van der Waals surface area (Å²) in [6.07, 6.45) is 2.53. The van der Waals surface area contributed by atoms with E-state index >= 15 is 0 Å². The van der Waals surface area contributed by atoms with Gasteiger partial charge in [0, 0.05) is 12.6 Å². The van der Waals surface area contributed by atoms with Gasteiger partial charge in [0.15, 0.2) is 0 Å². The maximum Gasteiger partial charge on any atom is 0.129 e.